The summed E-state index contributed by atoms with van der Waals surface area (Å²) in [5.74, 6) is -0.901. The van der Waals surface area contributed by atoms with Crippen LogP contribution < -0.4 is 16.0 Å². The quantitative estimate of drug-likeness (QED) is 0.695. The Hall–Kier alpha value is -3.12. The molecule has 2 N–H and O–H groups in total. The van der Waals surface area contributed by atoms with Gasteiger partial charge in [0.2, 0.25) is 11.7 Å². The maximum absolute atomic E-state index is 13.0. The molecule has 0 radical (unpaired) electrons. The van der Waals surface area contributed by atoms with E-state index in [4.69, 9.17) is 16.3 Å². The lowest BCUT2D eigenvalue weighted by molar-refractivity contribution is 0.0801. The summed E-state index contributed by atoms with van der Waals surface area (Å²) in [6.45, 7) is 0. The number of hydrogen-bond donors (Lipinski definition) is 2. The summed E-state index contributed by atoms with van der Waals surface area (Å²) in [5.41, 5.74) is 0.148. The van der Waals surface area contributed by atoms with Crippen molar-refractivity contribution in [1.82, 2.24) is 9.97 Å². The van der Waals surface area contributed by atoms with Crippen molar-refractivity contribution in [2.45, 2.75) is 12.0 Å². The van der Waals surface area contributed by atoms with Gasteiger partial charge in [-0.05, 0) is 29.8 Å². The summed E-state index contributed by atoms with van der Waals surface area (Å²) >= 11 is 5.88. The molecule has 26 heavy (non-hydrogen) atoms. The van der Waals surface area contributed by atoms with Crippen LogP contribution in [0.15, 0.2) is 64.2 Å². The lowest BCUT2D eigenvalue weighted by Crippen LogP contribution is -2.31. The van der Waals surface area contributed by atoms with Crippen LogP contribution in [0.25, 0.3) is 0 Å². The zero-order chi connectivity index (χ0) is 18.3. The molecule has 1 aliphatic rings. The fourth-order valence-corrected chi connectivity index (χ4v) is 3.31. The number of Topliss-reactive ketones (excluding diaryl/α,β-unsaturated/α-hetero) is 1. The SMILES string of the molecule is O=C(c1ccc(Cl)cc1)[C@H]1Oc2[nH]c(=O)[nH]c(=O)c2[C@H]1c1ccccc1. The lowest BCUT2D eigenvalue weighted by atomic mass is 9.86. The number of ketones is 1. The number of H-pyrrole nitrogens is 2. The van der Waals surface area contributed by atoms with Gasteiger partial charge in [-0.3, -0.25) is 19.6 Å². The van der Waals surface area contributed by atoms with Crippen molar-refractivity contribution in [3.63, 3.8) is 0 Å². The van der Waals surface area contributed by atoms with Gasteiger partial charge in [0.1, 0.15) is 0 Å². The van der Waals surface area contributed by atoms with E-state index in [1.54, 1.807) is 24.3 Å². The minimum atomic E-state index is -0.965. The minimum absolute atomic E-state index is 0.0277. The number of aromatic nitrogens is 2. The number of halogens is 1. The van der Waals surface area contributed by atoms with E-state index in [-0.39, 0.29) is 17.2 Å². The Morgan fingerprint density at radius 2 is 1.65 bits per heavy atom. The van der Waals surface area contributed by atoms with Crippen LogP contribution in [0.3, 0.4) is 0 Å². The summed E-state index contributed by atoms with van der Waals surface area (Å²) < 4.78 is 5.72. The smallest absolute Gasteiger partial charge is 0.328 e. The van der Waals surface area contributed by atoms with Crippen LogP contribution in [0.2, 0.25) is 5.02 Å². The summed E-state index contributed by atoms with van der Waals surface area (Å²) in [6.07, 6.45) is -0.965. The fourth-order valence-electron chi connectivity index (χ4n) is 3.18. The molecule has 3 aromatic rings. The van der Waals surface area contributed by atoms with Gasteiger partial charge in [-0.15, -0.1) is 0 Å². The number of carbonyl (C=O) groups is 1. The van der Waals surface area contributed by atoms with Gasteiger partial charge < -0.3 is 4.74 Å². The van der Waals surface area contributed by atoms with Gasteiger partial charge >= 0.3 is 5.69 Å². The van der Waals surface area contributed by atoms with E-state index in [1.165, 1.54) is 0 Å². The maximum Gasteiger partial charge on any atom is 0.328 e. The Morgan fingerprint density at radius 1 is 0.962 bits per heavy atom. The second-order valence-corrected chi connectivity index (χ2v) is 6.39. The molecular weight excluding hydrogens is 356 g/mol. The standard InChI is InChI=1S/C19H13ClN2O4/c20-12-8-6-11(7-9-12)15(23)16-13(10-4-2-1-3-5-10)14-17(24)21-19(25)22-18(14)26-16/h1-9,13,16H,(H2,21,22,24,25)/t13-,16+/m1/s1. The fraction of sp³-hybridized carbons (Fsp3) is 0.105. The number of ether oxygens (including phenoxy) is 1. The Bertz CT molecular complexity index is 1090. The highest BCUT2D eigenvalue weighted by Crippen LogP contribution is 2.39. The van der Waals surface area contributed by atoms with Crippen molar-refractivity contribution in [3.05, 3.63) is 97.1 Å². The van der Waals surface area contributed by atoms with E-state index in [0.717, 1.165) is 5.56 Å². The molecular formula is C19H13ClN2O4. The van der Waals surface area contributed by atoms with Crippen molar-refractivity contribution < 1.29 is 9.53 Å². The van der Waals surface area contributed by atoms with Crippen molar-refractivity contribution in [1.29, 1.82) is 0 Å². The van der Waals surface area contributed by atoms with Crippen molar-refractivity contribution in [2.75, 3.05) is 0 Å². The first-order valence-corrected chi connectivity index (χ1v) is 8.30. The number of benzene rings is 2. The molecule has 0 spiro atoms. The van der Waals surface area contributed by atoms with Gasteiger partial charge in [0.05, 0.1) is 11.5 Å². The van der Waals surface area contributed by atoms with Crippen LogP contribution in [0, 0.1) is 0 Å². The van der Waals surface area contributed by atoms with Gasteiger partial charge in [-0.2, -0.15) is 0 Å². The lowest BCUT2D eigenvalue weighted by Gasteiger charge is -2.18. The number of hydrogen-bond acceptors (Lipinski definition) is 4. The average molecular weight is 369 g/mol. The summed E-state index contributed by atoms with van der Waals surface area (Å²) in [5, 5.41) is 0.512. The van der Waals surface area contributed by atoms with E-state index in [9.17, 15) is 14.4 Å². The molecule has 0 saturated heterocycles. The predicted molar refractivity (Wildman–Crippen MR) is 96.2 cm³/mol. The first-order chi connectivity index (χ1) is 12.5. The zero-order valence-electron chi connectivity index (χ0n) is 13.4. The average Bonchev–Trinajstić information content (AvgIpc) is 3.02. The highest BCUT2D eigenvalue weighted by atomic mass is 35.5. The molecule has 2 heterocycles. The van der Waals surface area contributed by atoms with Crippen LogP contribution in [0.4, 0.5) is 0 Å². The predicted octanol–water partition coefficient (Wildman–Crippen LogP) is 2.49. The van der Waals surface area contributed by atoms with E-state index in [2.05, 4.69) is 9.97 Å². The summed E-state index contributed by atoms with van der Waals surface area (Å²) in [7, 11) is 0. The van der Waals surface area contributed by atoms with Crippen molar-refractivity contribution in [2.24, 2.45) is 0 Å². The highest BCUT2D eigenvalue weighted by molar-refractivity contribution is 6.30. The molecule has 1 aromatic heterocycles. The third-order valence-corrected chi connectivity index (χ3v) is 4.60. The first-order valence-electron chi connectivity index (χ1n) is 7.92. The van der Waals surface area contributed by atoms with Crippen LogP contribution in [0.5, 0.6) is 5.88 Å². The molecule has 2 atom stereocenters. The molecule has 2 aromatic carbocycles. The Labute approximate surface area is 152 Å². The normalized spacial score (nSPS) is 18.2. The number of carbonyl (C=O) groups excluding carboxylic acids is 1. The molecule has 7 heteroatoms. The second-order valence-electron chi connectivity index (χ2n) is 5.95. The highest BCUT2D eigenvalue weighted by Gasteiger charge is 2.43. The molecule has 0 fully saturated rings. The van der Waals surface area contributed by atoms with Crippen molar-refractivity contribution in [3.8, 4) is 5.88 Å². The molecule has 0 aliphatic carbocycles. The summed E-state index contributed by atoms with van der Waals surface area (Å²) in [4.78, 5) is 41.7. The van der Waals surface area contributed by atoms with Gasteiger partial charge in [-0.1, -0.05) is 41.9 Å². The van der Waals surface area contributed by atoms with E-state index in [1.807, 2.05) is 30.3 Å². The topological polar surface area (TPSA) is 92.0 Å². The van der Waals surface area contributed by atoms with E-state index < -0.39 is 23.3 Å². The molecule has 130 valence electrons. The molecule has 0 bridgehead atoms. The van der Waals surface area contributed by atoms with Gasteiger partial charge in [0.25, 0.3) is 5.56 Å². The van der Waals surface area contributed by atoms with Crippen LogP contribution in [-0.2, 0) is 0 Å². The maximum atomic E-state index is 13.0. The Kier molecular flexibility index (Phi) is 3.97. The third-order valence-electron chi connectivity index (χ3n) is 4.35. The van der Waals surface area contributed by atoms with Crippen molar-refractivity contribution >= 4 is 17.4 Å². The molecule has 0 saturated carbocycles. The Morgan fingerprint density at radius 3 is 2.35 bits per heavy atom. The number of rotatable bonds is 3. The molecule has 0 amide bonds. The molecule has 6 nitrogen and oxygen atoms in total. The second kappa shape index (κ2) is 6.31. The van der Waals surface area contributed by atoms with Gasteiger partial charge in [0.15, 0.2) is 6.10 Å². The monoisotopic (exact) mass is 368 g/mol. The zero-order valence-corrected chi connectivity index (χ0v) is 14.1. The van der Waals surface area contributed by atoms with Crippen LogP contribution >= 0.6 is 11.6 Å². The number of aromatic amines is 2. The number of nitrogens with one attached hydrogen (secondary N) is 2. The Balaban J connectivity index is 1.85. The minimum Gasteiger partial charge on any atom is -0.466 e. The summed E-state index contributed by atoms with van der Waals surface area (Å²) in [6, 6.07) is 15.5. The molecule has 1 aliphatic heterocycles. The molecule has 4 rings (SSSR count). The largest absolute Gasteiger partial charge is 0.466 e. The van der Waals surface area contributed by atoms with Gasteiger partial charge in [0, 0.05) is 10.6 Å². The van der Waals surface area contributed by atoms with E-state index in [0.29, 0.717) is 10.6 Å². The third kappa shape index (κ3) is 2.74. The van der Waals surface area contributed by atoms with Crippen LogP contribution in [-0.4, -0.2) is 21.9 Å². The van der Waals surface area contributed by atoms with Gasteiger partial charge in [-0.25, -0.2) is 4.79 Å². The van der Waals surface area contributed by atoms with E-state index >= 15 is 0 Å². The van der Waals surface area contributed by atoms with Crippen LogP contribution in [0.1, 0.15) is 27.4 Å². The first kappa shape index (κ1) is 16.4. The number of fused-ring (bicyclic) bond motifs is 1. The molecule has 0 unspecified atom stereocenters.